The lowest BCUT2D eigenvalue weighted by Crippen LogP contribution is -2.45. The summed E-state index contributed by atoms with van der Waals surface area (Å²) < 4.78 is 7.17. The molecule has 2 aromatic heterocycles. The molecule has 1 atom stereocenters. The Bertz CT molecular complexity index is 1020. The van der Waals surface area contributed by atoms with Gasteiger partial charge in [-0.2, -0.15) is 0 Å². The Morgan fingerprint density at radius 3 is 2.89 bits per heavy atom. The van der Waals surface area contributed by atoms with Crippen LogP contribution in [0.3, 0.4) is 0 Å². The van der Waals surface area contributed by atoms with Crippen LogP contribution in [0.5, 0.6) is 5.75 Å². The fourth-order valence-corrected chi connectivity index (χ4v) is 3.73. The van der Waals surface area contributed by atoms with Crippen molar-refractivity contribution in [2.75, 3.05) is 26.7 Å². The van der Waals surface area contributed by atoms with Gasteiger partial charge in [-0.15, -0.1) is 12.4 Å². The monoisotopic (exact) mass is 400 g/mol. The zero-order valence-electron chi connectivity index (χ0n) is 16.1. The van der Waals surface area contributed by atoms with E-state index in [4.69, 9.17) is 9.72 Å². The fourth-order valence-electron chi connectivity index (χ4n) is 3.73. The Morgan fingerprint density at radius 1 is 1.25 bits per heavy atom. The topological polar surface area (TPSA) is 58.9 Å². The molecule has 1 aliphatic rings. The molecule has 7 heteroatoms. The van der Waals surface area contributed by atoms with Crippen LogP contribution in [0.15, 0.2) is 53.5 Å². The van der Waals surface area contributed by atoms with E-state index in [0.29, 0.717) is 12.2 Å². The second kappa shape index (κ2) is 8.73. The van der Waals surface area contributed by atoms with E-state index >= 15 is 0 Å². The Balaban J connectivity index is 0.00000225. The van der Waals surface area contributed by atoms with E-state index < -0.39 is 0 Å². The van der Waals surface area contributed by atoms with Crippen LogP contribution in [0.2, 0.25) is 0 Å². The molecule has 0 bridgehead atoms. The molecular weight excluding hydrogens is 376 g/mol. The average Bonchev–Trinajstić information content (AvgIpc) is 2.69. The molecule has 3 aromatic rings. The smallest absolute Gasteiger partial charge is 0.258 e. The van der Waals surface area contributed by atoms with Crippen LogP contribution in [-0.2, 0) is 6.54 Å². The van der Waals surface area contributed by atoms with Crippen molar-refractivity contribution in [2.24, 2.45) is 0 Å². The van der Waals surface area contributed by atoms with Crippen molar-refractivity contribution in [1.29, 1.82) is 0 Å². The molecule has 0 saturated carbocycles. The number of para-hydroxylation sites is 1. The maximum atomic E-state index is 12.5. The van der Waals surface area contributed by atoms with Crippen LogP contribution < -0.4 is 15.6 Å². The van der Waals surface area contributed by atoms with Gasteiger partial charge in [0.15, 0.2) is 0 Å². The number of rotatable bonds is 4. The van der Waals surface area contributed by atoms with Crippen LogP contribution in [0.4, 0.5) is 0 Å². The summed E-state index contributed by atoms with van der Waals surface area (Å²) in [5.74, 6) is 0.887. The summed E-state index contributed by atoms with van der Waals surface area (Å²) in [6.45, 7) is 5.24. The van der Waals surface area contributed by atoms with Gasteiger partial charge in [-0.1, -0.05) is 24.3 Å². The van der Waals surface area contributed by atoms with Gasteiger partial charge in [-0.25, -0.2) is 4.98 Å². The molecule has 148 valence electrons. The molecule has 0 aliphatic carbocycles. The Labute approximate surface area is 170 Å². The van der Waals surface area contributed by atoms with Crippen molar-refractivity contribution in [1.82, 2.24) is 19.6 Å². The number of nitrogens with one attached hydrogen (secondary N) is 1. The van der Waals surface area contributed by atoms with Crippen molar-refractivity contribution >= 4 is 18.1 Å². The van der Waals surface area contributed by atoms with Gasteiger partial charge >= 0.3 is 0 Å². The third kappa shape index (κ3) is 4.04. The molecule has 1 unspecified atom stereocenters. The van der Waals surface area contributed by atoms with Crippen molar-refractivity contribution in [3.63, 3.8) is 0 Å². The maximum absolute atomic E-state index is 12.5. The number of ether oxygens (including phenoxy) is 1. The second-order valence-electron chi connectivity index (χ2n) is 6.95. The van der Waals surface area contributed by atoms with E-state index in [0.717, 1.165) is 42.2 Å². The molecular formula is C21H25ClN4O2. The number of hydrogen-bond donors (Lipinski definition) is 1. The van der Waals surface area contributed by atoms with Crippen molar-refractivity contribution in [3.05, 3.63) is 75.8 Å². The SMILES string of the molecule is COc1ccccc1C1CNCCN1Cc1cc(=O)n2cc(C)ccc2n1.Cl. The summed E-state index contributed by atoms with van der Waals surface area (Å²) in [5, 5.41) is 3.46. The third-order valence-corrected chi connectivity index (χ3v) is 5.08. The quantitative estimate of drug-likeness (QED) is 0.729. The molecule has 3 heterocycles. The largest absolute Gasteiger partial charge is 0.496 e. The third-order valence-electron chi connectivity index (χ3n) is 5.08. The van der Waals surface area contributed by atoms with Gasteiger partial charge in [0.25, 0.3) is 5.56 Å². The highest BCUT2D eigenvalue weighted by atomic mass is 35.5. The minimum atomic E-state index is -0.0392. The lowest BCUT2D eigenvalue weighted by molar-refractivity contribution is 0.149. The van der Waals surface area contributed by atoms with Gasteiger partial charge in [0.05, 0.1) is 18.8 Å². The number of fused-ring (bicyclic) bond motifs is 1. The minimum Gasteiger partial charge on any atom is -0.496 e. The lowest BCUT2D eigenvalue weighted by Gasteiger charge is -2.36. The molecule has 1 N–H and O–H groups in total. The van der Waals surface area contributed by atoms with Crippen molar-refractivity contribution in [3.8, 4) is 5.75 Å². The summed E-state index contributed by atoms with van der Waals surface area (Å²) in [7, 11) is 1.70. The molecule has 1 saturated heterocycles. The minimum absolute atomic E-state index is 0. The summed E-state index contributed by atoms with van der Waals surface area (Å²) in [6.07, 6.45) is 1.83. The van der Waals surface area contributed by atoms with E-state index in [9.17, 15) is 4.79 Å². The molecule has 0 amide bonds. The van der Waals surface area contributed by atoms with Crippen LogP contribution in [0, 0.1) is 6.92 Å². The zero-order valence-corrected chi connectivity index (χ0v) is 16.9. The van der Waals surface area contributed by atoms with E-state index in [2.05, 4.69) is 16.3 Å². The van der Waals surface area contributed by atoms with E-state index in [1.54, 1.807) is 17.6 Å². The number of benzene rings is 1. The number of pyridine rings is 1. The first-order chi connectivity index (χ1) is 13.2. The normalized spacial score (nSPS) is 17.3. The highest BCUT2D eigenvalue weighted by Gasteiger charge is 2.26. The van der Waals surface area contributed by atoms with Crippen LogP contribution >= 0.6 is 12.4 Å². The van der Waals surface area contributed by atoms with Crippen LogP contribution in [0.25, 0.3) is 5.65 Å². The lowest BCUT2D eigenvalue weighted by atomic mass is 10.0. The van der Waals surface area contributed by atoms with Gasteiger partial charge in [-0.05, 0) is 24.6 Å². The maximum Gasteiger partial charge on any atom is 0.258 e. The van der Waals surface area contributed by atoms with Gasteiger partial charge in [0.2, 0.25) is 0 Å². The first kappa shape index (κ1) is 20.3. The van der Waals surface area contributed by atoms with E-state index in [1.807, 2.05) is 43.5 Å². The Hall–Kier alpha value is -2.41. The van der Waals surface area contributed by atoms with Gasteiger partial charge in [0, 0.05) is 44.0 Å². The van der Waals surface area contributed by atoms with Crippen LogP contribution in [-0.4, -0.2) is 41.0 Å². The first-order valence-corrected chi connectivity index (χ1v) is 9.22. The molecule has 6 nitrogen and oxygen atoms in total. The molecule has 1 aromatic carbocycles. The standard InChI is InChI=1S/C21H24N4O2.ClH/c1-15-7-8-20-23-16(11-21(26)25(20)13-15)14-24-10-9-22-12-18(24)17-5-3-4-6-19(17)27-2;/h3-8,11,13,18,22H,9-10,12,14H2,1-2H3;1H. The molecule has 0 spiro atoms. The summed E-state index contributed by atoms with van der Waals surface area (Å²) in [6, 6.07) is 13.8. The molecule has 4 rings (SSSR count). The highest BCUT2D eigenvalue weighted by molar-refractivity contribution is 5.85. The Kier molecular flexibility index (Phi) is 6.34. The predicted octanol–water partition coefficient (Wildman–Crippen LogP) is 2.58. The Morgan fingerprint density at radius 2 is 2.07 bits per heavy atom. The number of aryl methyl sites for hydroxylation is 1. The number of halogens is 1. The number of nitrogens with zero attached hydrogens (tertiary/aromatic N) is 3. The molecule has 1 fully saturated rings. The predicted molar refractivity (Wildman–Crippen MR) is 112 cm³/mol. The highest BCUT2D eigenvalue weighted by Crippen LogP contribution is 2.30. The van der Waals surface area contributed by atoms with Gasteiger partial charge in [0.1, 0.15) is 11.4 Å². The number of aromatic nitrogens is 2. The van der Waals surface area contributed by atoms with E-state index in [1.165, 1.54) is 0 Å². The van der Waals surface area contributed by atoms with Crippen molar-refractivity contribution in [2.45, 2.75) is 19.5 Å². The van der Waals surface area contributed by atoms with Crippen LogP contribution in [0.1, 0.15) is 22.9 Å². The average molecular weight is 401 g/mol. The van der Waals surface area contributed by atoms with E-state index in [-0.39, 0.29) is 24.0 Å². The first-order valence-electron chi connectivity index (χ1n) is 9.22. The molecule has 28 heavy (non-hydrogen) atoms. The second-order valence-corrected chi connectivity index (χ2v) is 6.95. The molecule has 1 aliphatic heterocycles. The van der Waals surface area contributed by atoms with Gasteiger partial charge < -0.3 is 10.1 Å². The number of piperazine rings is 1. The fraction of sp³-hybridized carbons (Fsp3) is 0.333. The summed E-state index contributed by atoms with van der Waals surface area (Å²) in [4.78, 5) is 19.6. The number of hydrogen-bond acceptors (Lipinski definition) is 5. The zero-order chi connectivity index (χ0) is 18.8. The van der Waals surface area contributed by atoms with Crippen molar-refractivity contribution < 1.29 is 4.74 Å². The summed E-state index contributed by atoms with van der Waals surface area (Å²) in [5.41, 5.74) is 3.64. The molecule has 0 radical (unpaired) electrons. The van der Waals surface area contributed by atoms with Gasteiger partial charge in [-0.3, -0.25) is 14.1 Å². The number of methoxy groups -OCH3 is 1. The summed E-state index contributed by atoms with van der Waals surface area (Å²) >= 11 is 0.